The summed E-state index contributed by atoms with van der Waals surface area (Å²) in [7, 11) is 0. The van der Waals surface area contributed by atoms with Gasteiger partial charge in [-0.25, -0.2) is 4.98 Å². The fraction of sp³-hybridized carbons (Fsp3) is 0.533. The van der Waals surface area contributed by atoms with Crippen molar-refractivity contribution in [3.05, 3.63) is 30.1 Å². The van der Waals surface area contributed by atoms with Crippen LogP contribution in [0.1, 0.15) is 39.1 Å². The molecule has 3 rings (SSSR count). The van der Waals surface area contributed by atoms with E-state index in [0.29, 0.717) is 6.04 Å². The lowest BCUT2D eigenvalue weighted by molar-refractivity contribution is -0.0757. The molecule has 0 spiro atoms. The van der Waals surface area contributed by atoms with Gasteiger partial charge in [0.1, 0.15) is 5.82 Å². The highest BCUT2D eigenvalue weighted by atomic mass is 16.3. The van der Waals surface area contributed by atoms with E-state index in [0.717, 1.165) is 23.3 Å². The molecule has 0 radical (unpaired) electrons. The van der Waals surface area contributed by atoms with Gasteiger partial charge >= 0.3 is 0 Å². The summed E-state index contributed by atoms with van der Waals surface area (Å²) in [5, 5.41) is 13.3. The number of nitrogens with zero attached hydrogens (tertiary/aromatic N) is 1. The lowest BCUT2D eigenvalue weighted by Crippen LogP contribution is -2.60. The first-order valence-corrected chi connectivity index (χ1v) is 6.87. The Morgan fingerprint density at radius 2 is 2.16 bits per heavy atom. The predicted octanol–water partition coefficient (Wildman–Crippen LogP) is 2.37. The van der Waals surface area contributed by atoms with Gasteiger partial charge in [-0.3, -0.25) is 0 Å². The Morgan fingerprint density at radius 3 is 2.79 bits per heavy atom. The van der Waals surface area contributed by atoms with Crippen LogP contribution in [0.2, 0.25) is 0 Å². The van der Waals surface area contributed by atoms with Crippen molar-refractivity contribution in [1.29, 1.82) is 0 Å². The summed E-state index contributed by atoms with van der Waals surface area (Å²) in [5.74, 6) is 0.957. The summed E-state index contributed by atoms with van der Waals surface area (Å²) in [5.41, 5.74) is 2.01. The third kappa shape index (κ3) is 2.05. The number of nitrogens with one attached hydrogen (secondary N) is 2. The second-order valence-corrected chi connectivity index (χ2v) is 6.15. The van der Waals surface area contributed by atoms with E-state index in [2.05, 4.69) is 36.1 Å². The molecule has 4 heteroatoms. The number of aliphatic hydroxyl groups excluding tert-OH is 1. The summed E-state index contributed by atoms with van der Waals surface area (Å²) < 4.78 is 0. The van der Waals surface area contributed by atoms with Gasteiger partial charge in [0.05, 0.1) is 23.2 Å². The molecule has 0 saturated heterocycles. The van der Waals surface area contributed by atoms with Crippen LogP contribution in [0.5, 0.6) is 0 Å². The Bertz CT molecular complexity index is 557. The average molecular weight is 259 g/mol. The molecule has 3 unspecified atom stereocenters. The third-order valence-corrected chi connectivity index (χ3v) is 4.48. The largest absolute Gasteiger partial charge is 0.392 e. The highest BCUT2D eigenvalue weighted by molar-refractivity contribution is 5.74. The number of imidazole rings is 1. The number of rotatable bonds is 3. The van der Waals surface area contributed by atoms with Crippen LogP contribution in [0.25, 0.3) is 11.0 Å². The minimum absolute atomic E-state index is 0.0553. The van der Waals surface area contributed by atoms with Gasteiger partial charge in [-0.15, -0.1) is 0 Å². The molecular formula is C15H21N3O. The standard InChI is InChI=1S/C15H21N3O/c1-9(16-12-8-13(19)15(12,2)3)14-17-10-6-4-5-7-11(10)18-14/h4-7,9,12-13,16,19H,8H2,1-3H3,(H,17,18). The van der Waals surface area contributed by atoms with Gasteiger partial charge in [0.2, 0.25) is 0 Å². The fourth-order valence-corrected chi connectivity index (χ4v) is 2.74. The summed E-state index contributed by atoms with van der Waals surface area (Å²) in [6, 6.07) is 8.55. The van der Waals surface area contributed by atoms with E-state index in [1.165, 1.54) is 0 Å². The van der Waals surface area contributed by atoms with Crippen LogP contribution < -0.4 is 5.32 Å². The van der Waals surface area contributed by atoms with Gasteiger partial charge in [0.15, 0.2) is 0 Å². The molecule has 2 aromatic rings. The number of para-hydroxylation sites is 2. The number of hydrogen-bond acceptors (Lipinski definition) is 3. The topological polar surface area (TPSA) is 60.9 Å². The highest BCUT2D eigenvalue weighted by Crippen LogP contribution is 2.41. The van der Waals surface area contributed by atoms with Crippen molar-refractivity contribution in [2.24, 2.45) is 5.41 Å². The lowest BCUT2D eigenvalue weighted by atomic mass is 9.64. The smallest absolute Gasteiger partial charge is 0.124 e. The minimum atomic E-state index is -0.201. The normalized spacial score (nSPS) is 27.2. The predicted molar refractivity (Wildman–Crippen MR) is 75.8 cm³/mol. The van der Waals surface area contributed by atoms with Gasteiger partial charge in [0.25, 0.3) is 0 Å². The summed E-state index contributed by atoms with van der Waals surface area (Å²) in [6.07, 6.45) is 0.616. The van der Waals surface area contributed by atoms with E-state index < -0.39 is 0 Å². The Morgan fingerprint density at radius 1 is 1.42 bits per heavy atom. The second-order valence-electron chi connectivity index (χ2n) is 6.15. The van der Waals surface area contributed by atoms with Crippen LogP contribution in [-0.2, 0) is 0 Å². The van der Waals surface area contributed by atoms with Crippen LogP contribution in [0.4, 0.5) is 0 Å². The summed E-state index contributed by atoms with van der Waals surface area (Å²) in [6.45, 7) is 6.31. The molecule has 1 aliphatic rings. The van der Waals surface area contributed by atoms with Crippen LogP contribution in [0.3, 0.4) is 0 Å². The molecule has 1 saturated carbocycles. The van der Waals surface area contributed by atoms with Gasteiger partial charge in [-0.2, -0.15) is 0 Å². The van der Waals surface area contributed by atoms with Crippen LogP contribution in [-0.4, -0.2) is 27.2 Å². The third-order valence-electron chi connectivity index (χ3n) is 4.48. The molecule has 1 fully saturated rings. The van der Waals surface area contributed by atoms with Crippen molar-refractivity contribution >= 4 is 11.0 Å². The highest BCUT2D eigenvalue weighted by Gasteiger charge is 2.47. The second kappa shape index (κ2) is 4.32. The maximum Gasteiger partial charge on any atom is 0.124 e. The molecule has 102 valence electrons. The summed E-state index contributed by atoms with van der Waals surface area (Å²) >= 11 is 0. The van der Waals surface area contributed by atoms with Gasteiger partial charge in [-0.1, -0.05) is 26.0 Å². The SMILES string of the molecule is CC(NC1CC(O)C1(C)C)c1nc2ccccc2[nH]1. The quantitative estimate of drug-likeness (QED) is 0.793. The molecule has 19 heavy (non-hydrogen) atoms. The van der Waals surface area contributed by atoms with Gasteiger partial charge in [0, 0.05) is 11.5 Å². The maximum absolute atomic E-state index is 9.78. The number of benzene rings is 1. The Balaban J connectivity index is 1.75. The number of H-pyrrole nitrogens is 1. The first kappa shape index (κ1) is 12.6. The van der Waals surface area contributed by atoms with Crippen molar-refractivity contribution in [2.75, 3.05) is 0 Å². The minimum Gasteiger partial charge on any atom is -0.392 e. The molecule has 0 amide bonds. The van der Waals surface area contributed by atoms with Crippen molar-refractivity contribution in [3.8, 4) is 0 Å². The first-order valence-electron chi connectivity index (χ1n) is 6.87. The Kier molecular flexibility index (Phi) is 2.87. The molecular weight excluding hydrogens is 238 g/mol. The molecule has 1 heterocycles. The zero-order valence-electron chi connectivity index (χ0n) is 11.6. The Labute approximate surface area is 113 Å². The van der Waals surface area contributed by atoms with Crippen LogP contribution in [0, 0.1) is 5.41 Å². The maximum atomic E-state index is 9.78. The van der Waals surface area contributed by atoms with E-state index in [1.807, 2.05) is 24.3 Å². The number of aromatic nitrogens is 2. The van der Waals surface area contributed by atoms with Crippen molar-refractivity contribution in [3.63, 3.8) is 0 Å². The lowest BCUT2D eigenvalue weighted by Gasteiger charge is -2.50. The van der Waals surface area contributed by atoms with Gasteiger partial charge < -0.3 is 15.4 Å². The van der Waals surface area contributed by atoms with E-state index in [-0.39, 0.29) is 17.6 Å². The zero-order chi connectivity index (χ0) is 13.6. The fourth-order valence-electron chi connectivity index (χ4n) is 2.74. The molecule has 0 bridgehead atoms. The monoisotopic (exact) mass is 259 g/mol. The van der Waals surface area contributed by atoms with Gasteiger partial charge in [-0.05, 0) is 25.5 Å². The molecule has 1 aliphatic carbocycles. The molecule has 1 aromatic carbocycles. The van der Waals surface area contributed by atoms with Crippen molar-refractivity contribution in [2.45, 2.75) is 45.4 Å². The van der Waals surface area contributed by atoms with E-state index in [4.69, 9.17) is 0 Å². The van der Waals surface area contributed by atoms with Crippen molar-refractivity contribution < 1.29 is 5.11 Å². The number of hydrogen-bond donors (Lipinski definition) is 3. The zero-order valence-corrected chi connectivity index (χ0v) is 11.6. The van der Waals surface area contributed by atoms with E-state index >= 15 is 0 Å². The molecule has 4 nitrogen and oxygen atoms in total. The molecule has 1 aromatic heterocycles. The first-order chi connectivity index (χ1) is 8.98. The average Bonchev–Trinajstić information content (AvgIpc) is 2.82. The van der Waals surface area contributed by atoms with Crippen LogP contribution >= 0.6 is 0 Å². The molecule has 3 N–H and O–H groups in total. The van der Waals surface area contributed by atoms with E-state index in [9.17, 15) is 5.11 Å². The number of aromatic amines is 1. The number of fused-ring (bicyclic) bond motifs is 1. The molecule has 3 atom stereocenters. The van der Waals surface area contributed by atoms with Crippen LogP contribution in [0.15, 0.2) is 24.3 Å². The Hall–Kier alpha value is -1.39. The van der Waals surface area contributed by atoms with E-state index in [1.54, 1.807) is 0 Å². The van der Waals surface area contributed by atoms with Crippen molar-refractivity contribution in [1.82, 2.24) is 15.3 Å². The summed E-state index contributed by atoms with van der Waals surface area (Å²) in [4.78, 5) is 7.96. The number of aliphatic hydroxyl groups is 1. The molecule has 0 aliphatic heterocycles.